The molecule has 2 atom stereocenters. The first-order valence-electron chi connectivity index (χ1n) is 5.51. The summed E-state index contributed by atoms with van der Waals surface area (Å²) in [6.07, 6.45) is -0.579. The van der Waals surface area contributed by atoms with Crippen LogP contribution in [0.15, 0.2) is 44.7 Å². The lowest BCUT2D eigenvalue weighted by Gasteiger charge is -2.22. The van der Waals surface area contributed by atoms with Gasteiger partial charge in [-0.25, -0.2) is 0 Å². The van der Waals surface area contributed by atoms with Gasteiger partial charge in [0.1, 0.15) is 0 Å². The second-order valence-corrected chi connectivity index (χ2v) is 7.30. The van der Waals surface area contributed by atoms with Gasteiger partial charge in [-0.05, 0) is 39.7 Å². The molecule has 0 saturated heterocycles. The van der Waals surface area contributed by atoms with E-state index in [4.69, 9.17) is 5.73 Å². The fourth-order valence-corrected chi connectivity index (χ4v) is 3.94. The number of halogens is 2. The number of thiophene rings is 1. The Labute approximate surface area is 127 Å². The number of aliphatic hydroxyl groups is 1. The van der Waals surface area contributed by atoms with Crippen molar-refractivity contribution in [3.63, 3.8) is 0 Å². The average molecular weight is 391 g/mol. The quantitative estimate of drug-likeness (QED) is 0.827. The van der Waals surface area contributed by atoms with E-state index in [1.807, 2.05) is 36.4 Å². The van der Waals surface area contributed by atoms with Gasteiger partial charge in [0.05, 0.1) is 9.89 Å². The van der Waals surface area contributed by atoms with Crippen molar-refractivity contribution in [1.29, 1.82) is 0 Å². The third kappa shape index (κ3) is 3.03. The third-order valence-corrected chi connectivity index (χ3v) is 5.24. The van der Waals surface area contributed by atoms with Crippen LogP contribution in [0.4, 0.5) is 0 Å². The SMILES string of the molecule is NCC(c1ccccc1Br)C(O)c1ccc(Br)s1. The summed E-state index contributed by atoms with van der Waals surface area (Å²) < 4.78 is 1.99. The highest BCUT2D eigenvalue weighted by Crippen LogP contribution is 2.37. The monoisotopic (exact) mass is 389 g/mol. The zero-order chi connectivity index (χ0) is 13.1. The van der Waals surface area contributed by atoms with Gasteiger partial charge in [0.2, 0.25) is 0 Å². The molecular formula is C13H13Br2NOS. The van der Waals surface area contributed by atoms with Crippen molar-refractivity contribution in [2.75, 3.05) is 6.54 Å². The second-order valence-electron chi connectivity index (χ2n) is 3.95. The molecule has 0 aliphatic carbocycles. The molecule has 2 nitrogen and oxygen atoms in total. The maximum absolute atomic E-state index is 10.5. The topological polar surface area (TPSA) is 46.2 Å². The van der Waals surface area contributed by atoms with E-state index in [9.17, 15) is 5.11 Å². The molecule has 0 spiro atoms. The van der Waals surface area contributed by atoms with Crippen LogP contribution in [0.5, 0.6) is 0 Å². The molecule has 2 aromatic rings. The predicted octanol–water partition coefficient (Wildman–Crippen LogP) is 4.05. The minimum absolute atomic E-state index is 0.105. The molecule has 0 aliphatic heterocycles. The zero-order valence-electron chi connectivity index (χ0n) is 9.51. The van der Waals surface area contributed by atoms with Gasteiger partial charge < -0.3 is 10.8 Å². The fraction of sp³-hybridized carbons (Fsp3) is 0.231. The van der Waals surface area contributed by atoms with Gasteiger partial charge in [0, 0.05) is 21.8 Å². The van der Waals surface area contributed by atoms with Crippen LogP contribution in [0, 0.1) is 0 Å². The minimum atomic E-state index is -0.579. The Morgan fingerprint density at radius 3 is 2.44 bits per heavy atom. The molecule has 0 fully saturated rings. The Balaban J connectivity index is 2.32. The summed E-state index contributed by atoms with van der Waals surface area (Å²) in [6, 6.07) is 11.7. The number of benzene rings is 1. The highest BCUT2D eigenvalue weighted by atomic mass is 79.9. The van der Waals surface area contributed by atoms with E-state index in [-0.39, 0.29) is 5.92 Å². The molecule has 1 aromatic carbocycles. The van der Waals surface area contributed by atoms with Crippen molar-refractivity contribution in [2.45, 2.75) is 12.0 Å². The number of hydrogen-bond acceptors (Lipinski definition) is 3. The van der Waals surface area contributed by atoms with Crippen LogP contribution in [0.1, 0.15) is 22.5 Å². The van der Waals surface area contributed by atoms with Crippen LogP contribution in [0.25, 0.3) is 0 Å². The molecule has 96 valence electrons. The molecule has 2 rings (SSSR count). The molecule has 3 N–H and O–H groups in total. The van der Waals surface area contributed by atoms with E-state index >= 15 is 0 Å². The van der Waals surface area contributed by atoms with Gasteiger partial charge in [-0.2, -0.15) is 0 Å². The normalized spacial score (nSPS) is 14.4. The van der Waals surface area contributed by atoms with Crippen LogP contribution in [-0.4, -0.2) is 11.7 Å². The van der Waals surface area contributed by atoms with Crippen LogP contribution in [-0.2, 0) is 0 Å². The lowest BCUT2D eigenvalue weighted by molar-refractivity contribution is 0.151. The van der Waals surface area contributed by atoms with Crippen LogP contribution in [0.2, 0.25) is 0 Å². The van der Waals surface area contributed by atoms with Crippen molar-refractivity contribution in [1.82, 2.24) is 0 Å². The van der Waals surface area contributed by atoms with Gasteiger partial charge in [-0.3, -0.25) is 0 Å². The van der Waals surface area contributed by atoms with Crippen LogP contribution in [0.3, 0.4) is 0 Å². The van der Waals surface area contributed by atoms with Crippen molar-refractivity contribution in [3.05, 3.63) is 55.1 Å². The Morgan fingerprint density at radius 1 is 1.17 bits per heavy atom. The summed E-state index contributed by atoms with van der Waals surface area (Å²) in [5.41, 5.74) is 6.87. The third-order valence-electron chi connectivity index (χ3n) is 2.83. The maximum Gasteiger partial charge on any atom is 0.0963 e. The smallest absolute Gasteiger partial charge is 0.0963 e. The first-order chi connectivity index (χ1) is 8.63. The average Bonchev–Trinajstić information content (AvgIpc) is 2.79. The highest BCUT2D eigenvalue weighted by molar-refractivity contribution is 9.11. The van der Waals surface area contributed by atoms with E-state index < -0.39 is 6.10 Å². The molecule has 0 saturated carbocycles. The Kier molecular flexibility index (Phi) is 4.98. The minimum Gasteiger partial charge on any atom is -0.387 e. The zero-order valence-corrected chi connectivity index (χ0v) is 13.5. The first kappa shape index (κ1) is 14.2. The van der Waals surface area contributed by atoms with Crippen molar-refractivity contribution in [2.24, 2.45) is 5.73 Å². The van der Waals surface area contributed by atoms with Crippen molar-refractivity contribution >= 4 is 43.2 Å². The first-order valence-corrected chi connectivity index (χ1v) is 7.91. The lowest BCUT2D eigenvalue weighted by atomic mass is 9.92. The molecule has 2 unspecified atom stereocenters. The van der Waals surface area contributed by atoms with E-state index in [0.29, 0.717) is 6.54 Å². The number of aliphatic hydroxyl groups excluding tert-OH is 1. The lowest BCUT2D eigenvalue weighted by Crippen LogP contribution is -2.20. The molecule has 1 aromatic heterocycles. The number of hydrogen-bond donors (Lipinski definition) is 2. The molecule has 1 heterocycles. The highest BCUT2D eigenvalue weighted by Gasteiger charge is 2.24. The summed E-state index contributed by atoms with van der Waals surface area (Å²) >= 11 is 8.46. The van der Waals surface area contributed by atoms with E-state index in [0.717, 1.165) is 18.7 Å². The molecule has 0 amide bonds. The van der Waals surface area contributed by atoms with Gasteiger partial charge in [0.25, 0.3) is 0 Å². The van der Waals surface area contributed by atoms with Crippen LogP contribution >= 0.6 is 43.2 Å². The molecule has 0 bridgehead atoms. The molecular weight excluding hydrogens is 378 g/mol. The molecule has 18 heavy (non-hydrogen) atoms. The van der Waals surface area contributed by atoms with E-state index in [1.165, 1.54) is 11.3 Å². The predicted molar refractivity (Wildman–Crippen MR) is 82.9 cm³/mol. The maximum atomic E-state index is 10.5. The summed E-state index contributed by atoms with van der Waals surface area (Å²) in [7, 11) is 0. The van der Waals surface area contributed by atoms with Crippen molar-refractivity contribution in [3.8, 4) is 0 Å². The summed E-state index contributed by atoms with van der Waals surface area (Å²) in [6.45, 7) is 0.402. The van der Waals surface area contributed by atoms with Gasteiger partial charge >= 0.3 is 0 Å². The summed E-state index contributed by atoms with van der Waals surface area (Å²) in [5, 5.41) is 10.5. The van der Waals surface area contributed by atoms with Gasteiger partial charge in [-0.15, -0.1) is 11.3 Å². The molecule has 5 heteroatoms. The van der Waals surface area contributed by atoms with E-state index in [2.05, 4.69) is 31.9 Å². The Bertz CT molecular complexity index is 529. The molecule has 0 aliphatic rings. The fourth-order valence-electron chi connectivity index (χ4n) is 1.89. The second kappa shape index (κ2) is 6.30. The van der Waals surface area contributed by atoms with E-state index in [1.54, 1.807) is 0 Å². The van der Waals surface area contributed by atoms with Crippen LogP contribution < -0.4 is 5.73 Å². The summed E-state index contributed by atoms with van der Waals surface area (Å²) in [5.74, 6) is -0.105. The number of nitrogens with two attached hydrogens (primary N) is 1. The van der Waals surface area contributed by atoms with Gasteiger partial charge in [-0.1, -0.05) is 34.1 Å². The van der Waals surface area contributed by atoms with Crippen molar-refractivity contribution < 1.29 is 5.11 Å². The molecule has 0 radical (unpaired) electrons. The standard InChI is InChI=1S/C13H13Br2NOS/c14-10-4-2-1-3-8(10)9(7-16)13(17)11-5-6-12(15)18-11/h1-6,9,13,17H,7,16H2. The summed E-state index contributed by atoms with van der Waals surface area (Å²) in [4.78, 5) is 0.924. The largest absolute Gasteiger partial charge is 0.387 e. The number of rotatable bonds is 4. The van der Waals surface area contributed by atoms with Gasteiger partial charge in [0.15, 0.2) is 0 Å². The Morgan fingerprint density at radius 2 is 1.89 bits per heavy atom. The Hall–Kier alpha value is -0.200.